The second kappa shape index (κ2) is 10.1. The number of ether oxygens (including phenoxy) is 1. The van der Waals surface area contributed by atoms with Crippen molar-refractivity contribution in [3.8, 4) is 0 Å². The number of hydrogen-bond acceptors (Lipinski definition) is 6. The van der Waals surface area contributed by atoms with Crippen LogP contribution in [0.4, 0.5) is 11.4 Å². The van der Waals surface area contributed by atoms with Gasteiger partial charge in [-0.1, -0.05) is 20.8 Å². The Morgan fingerprint density at radius 3 is 2.79 bits per heavy atom. The van der Waals surface area contributed by atoms with Gasteiger partial charge in [-0.2, -0.15) is 0 Å². The highest BCUT2D eigenvalue weighted by Gasteiger charge is 2.25. The van der Waals surface area contributed by atoms with Gasteiger partial charge in [0.25, 0.3) is 11.6 Å². The first-order chi connectivity index (χ1) is 13.3. The molecule has 1 fully saturated rings. The van der Waals surface area contributed by atoms with Gasteiger partial charge in [-0.25, -0.2) is 4.79 Å². The molecule has 28 heavy (non-hydrogen) atoms. The molecule has 154 valence electrons. The zero-order chi connectivity index (χ0) is 20.7. The van der Waals surface area contributed by atoms with Crippen LogP contribution in [0.1, 0.15) is 50.4 Å². The highest BCUT2D eigenvalue weighted by Crippen LogP contribution is 2.32. The molecule has 0 aromatic heterocycles. The van der Waals surface area contributed by atoms with Gasteiger partial charge in [0.05, 0.1) is 10.5 Å². The van der Waals surface area contributed by atoms with Crippen molar-refractivity contribution in [2.24, 2.45) is 11.8 Å². The molecular formula is C20H29N3O5. The SMILES string of the molecule is CC(C)CCNC(=O)COC(=O)c1ccc(N2CCC[C@@H](C)C2)c([N+](=O)[O-])c1. The van der Waals surface area contributed by atoms with E-state index in [0.29, 0.717) is 24.1 Å². The summed E-state index contributed by atoms with van der Waals surface area (Å²) in [7, 11) is 0. The molecule has 2 rings (SSSR count). The van der Waals surface area contributed by atoms with E-state index in [4.69, 9.17) is 4.74 Å². The number of benzene rings is 1. The van der Waals surface area contributed by atoms with Crippen LogP contribution in [-0.4, -0.2) is 43.0 Å². The van der Waals surface area contributed by atoms with Crippen LogP contribution >= 0.6 is 0 Å². The van der Waals surface area contributed by atoms with Gasteiger partial charge in [-0.3, -0.25) is 14.9 Å². The summed E-state index contributed by atoms with van der Waals surface area (Å²) in [5.74, 6) is -0.208. The fraction of sp³-hybridized carbons (Fsp3) is 0.600. The molecule has 1 aliphatic heterocycles. The van der Waals surface area contributed by atoms with Crippen molar-refractivity contribution in [1.82, 2.24) is 5.32 Å². The first-order valence-corrected chi connectivity index (χ1v) is 9.75. The van der Waals surface area contributed by atoms with E-state index >= 15 is 0 Å². The number of amides is 1. The first-order valence-electron chi connectivity index (χ1n) is 9.75. The molecule has 8 heteroatoms. The number of rotatable bonds is 8. The zero-order valence-electron chi connectivity index (χ0n) is 16.8. The van der Waals surface area contributed by atoms with E-state index in [-0.39, 0.29) is 17.2 Å². The van der Waals surface area contributed by atoms with Crippen molar-refractivity contribution in [3.05, 3.63) is 33.9 Å². The molecule has 0 radical (unpaired) electrons. The third-order valence-electron chi connectivity index (χ3n) is 4.78. The van der Waals surface area contributed by atoms with Crippen LogP contribution in [0.15, 0.2) is 18.2 Å². The molecule has 0 bridgehead atoms. The van der Waals surface area contributed by atoms with E-state index in [9.17, 15) is 19.7 Å². The summed E-state index contributed by atoms with van der Waals surface area (Å²) in [6, 6.07) is 4.34. The minimum absolute atomic E-state index is 0.0653. The van der Waals surface area contributed by atoms with Crippen LogP contribution in [0.3, 0.4) is 0 Å². The van der Waals surface area contributed by atoms with E-state index in [1.807, 2.05) is 18.7 Å². The quantitative estimate of drug-likeness (QED) is 0.415. The Hall–Kier alpha value is -2.64. The van der Waals surface area contributed by atoms with Crippen molar-refractivity contribution < 1.29 is 19.2 Å². The Morgan fingerprint density at radius 1 is 1.39 bits per heavy atom. The number of nitro groups is 1. The number of anilines is 1. The lowest BCUT2D eigenvalue weighted by atomic mass is 9.99. The minimum atomic E-state index is -0.749. The summed E-state index contributed by atoms with van der Waals surface area (Å²) in [5, 5.41) is 14.2. The van der Waals surface area contributed by atoms with Crippen LogP contribution in [0, 0.1) is 22.0 Å². The molecule has 1 aromatic rings. The van der Waals surface area contributed by atoms with E-state index in [0.717, 1.165) is 32.4 Å². The number of esters is 1. The fourth-order valence-corrected chi connectivity index (χ4v) is 3.24. The Balaban J connectivity index is 2.01. The summed E-state index contributed by atoms with van der Waals surface area (Å²) >= 11 is 0. The molecule has 1 amide bonds. The average Bonchev–Trinajstić information content (AvgIpc) is 2.65. The van der Waals surface area contributed by atoms with Gasteiger partial charge in [0, 0.05) is 25.7 Å². The van der Waals surface area contributed by atoms with Gasteiger partial charge in [0.15, 0.2) is 6.61 Å². The summed E-state index contributed by atoms with van der Waals surface area (Å²) in [4.78, 5) is 37.0. The normalized spacial score (nSPS) is 16.7. The molecule has 1 aliphatic rings. The summed E-state index contributed by atoms with van der Waals surface area (Å²) in [6.45, 7) is 7.84. The Bertz CT molecular complexity index is 720. The molecule has 0 unspecified atom stereocenters. The minimum Gasteiger partial charge on any atom is -0.452 e. The van der Waals surface area contributed by atoms with Crippen molar-refractivity contribution in [3.63, 3.8) is 0 Å². The Labute approximate surface area is 165 Å². The Kier molecular flexibility index (Phi) is 7.78. The maximum Gasteiger partial charge on any atom is 0.338 e. The molecule has 1 heterocycles. The summed E-state index contributed by atoms with van der Waals surface area (Å²) in [5.41, 5.74) is 0.458. The van der Waals surface area contributed by atoms with Crippen LogP contribution in [0.5, 0.6) is 0 Å². The summed E-state index contributed by atoms with van der Waals surface area (Å²) in [6.07, 6.45) is 2.92. The van der Waals surface area contributed by atoms with Crippen LogP contribution in [0.2, 0.25) is 0 Å². The number of carbonyl (C=O) groups excluding carboxylic acids is 2. The average molecular weight is 391 g/mol. The van der Waals surface area contributed by atoms with E-state index in [1.54, 1.807) is 6.07 Å². The second-order valence-corrected chi connectivity index (χ2v) is 7.76. The molecule has 1 N–H and O–H groups in total. The predicted molar refractivity (Wildman–Crippen MR) is 106 cm³/mol. The van der Waals surface area contributed by atoms with Crippen molar-refractivity contribution in [2.45, 2.75) is 40.0 Å². The van der Waals surface area contributed by atoms with Gasteiger partial charge in [-0.15, -0.1) is 0 Å². The summed E-state index contributed by atoms with van der Waals surface area (Å²) < 4.78 is 5.00. The highest BCUT2D eigenvalue weighted by atomic mass is 16.6. The lowest BCUT2D eigenvalue weighted by Crippen LogP contribution is -2.34. The number of piperidine rings is 1. The monoisotopic (exact) mass is 391 g/mol. The van der Waals surface area contributed by atoms with Gasteiger partial charge in [-0.05, 0) is 43.2 Å². The van der Waals surface area contributed by atoms with Gasteiger partial charge >= 0.3 is 5.97 Å². The van der Waals surface area contributed by atoms with Crippen molar-refractivity contribution >= 4 is 23.3 Å². The first kappa shape index (κ1) is 21.7. The van der Waals surface area contributed by atoms with Gasteiger partial charge < -0.3 is 15.0 Å². The second-order valence-electron chi connectivity index (χ2n) is 7.76. The van der Waals surface area contributed by atoms with E-state index in [1.165, 1.54) is 12.1 Å². The Morgan fingerprint density at radius 2 is 2.14 bits per heavy atom. The van der Waals surface area contributed by atoms with Crippen molar-refractivity contribution in [1.29, 1.82) is 0 Å². The molecule has 1 saturated heterocycles. The largest absolute Gasteiger partial charge is 0.452 e. The molecule has 1 aromatic carbocycles. The number of nitrogens with zero attached hydrogens (tertiary/aromatic N) is 2. The molecule has 0 spiro atoms. The molecule has 8 nitrogen and oxygen atoms in total. The number of nitrogens with one attached hydrogen (secondary N) is 1. The van der Waals surface area contributed by atoms with E-state index in [2.05, 4.69) is 12.2 Å². The smallest absolute Gasteiger partial charge is 0.338 e. The molecule has 0 aliphatic carbocycles. The van der Waals surface area contributed by atoms with Crippen LogP contribution in [-0.2, 0) is 9.53 Å². The zero-order valence-corrected chi connectivity index (χ0v) is 16.8. The number of nitro benzene ring substituents is 1. The fourth-order valence-electron chi connectivity index (χ4n) is 3.24. The predicted octanol–water partition coefficient (Wildman–Crippen LogP) is 3.15. The van der Waals surface area contributed by atoms with Crippen LogP contribution < -0.4 is 10.2 Å². The highest BCUT2D eigenvalue weighted by molar-refractivity contribution is 5.93. The van der Waals surface area contributed by atoms with Gasteiger partial charge in [0.2, 0.25) is 0 Å². The number of hydrogen-bond donors (Lipinski definition) is 1. The topological polar surface area (TPSA) is 102 Å². The molecular weight excluding hydrogens is 362 g/mol. The third-order valence-corrected chi connectivity index (χ3v) is 4.78. The third kappa shape index (κ3) is 6.21. The van der Waals surface area contributed by atoms with E-state index < -0.39 is 17.5 Å². The lowest BCUT2D eigenvalue weighted by Gasteiger charge is -2.32. The standard InChI is InChI=1S/C20H29N3O5/c1-14(2)8-9-21-19(24)13-28-20(25)16-6-7-17(18(11-16)23(26)27)22-10-4-5-15(3)12-22/h6-7,11,14-15H,4-5,8-10,12-13H2,1-3H3,(H,21,24)/t15-/m1/s1. The van der Waals surface area contributed by atoms with Crippen molar-refractivity contribution in [2.75, 3.05) is 31.1 Å². The lowest BCUT2D eigenvalue weighted by molar-refractivity contribution is -0.384. The maximum absolute atomic E-state index is 12.2. The molecule has 0 saturated carbocycles. The van der Waals surface area contributed by atoms with Gasteiger partial charge in [0.1, 0.15) is 5.69 Å². The maximum atomic E-state index is 12.2. The van der Waals surface area contributed by atoms with Crippen LogP contribution in [0.25, 0.3) is 0 Å². The molecule has 1 atom stereocenters. The number of carbonyl (C=O) groups is 2.